The molecule has 33 heavy (non-hydrogen) atoms. The Morgan fingerprint density at radius 2 is 1.79 bits per heavy atom. The summed E-state index contributed by atoms with van der Waals surface area (Å²) in [5.74, 6) is 0.473. The molecule has 0 unspecified atom stereocenters. The lowest BCUT2D eigenvalue weighted by molar-refractivity contribution is -0.142. The van der Waals surface area contributed by atoms with E-state index in [1.165, 1.54) is 5.56 Å². The Bertz CT molecular complexity index is 1060. The molecule has 0 spiro atoms. The summed E-state index contributed by atoms with van der Waals surface area (Å²) < 4.78 is 1.75. The summed E-state index contributed by atoms with van der Waals surface area (Å²) in [6.07, 6.45) is 4.82. The lowest BCUT2D eigenvalue weighted by atomic mass is 9.64. The van der Waals surface area contributed by atoms with E-state index in [2.05, 4.69) is 59.9 Å². The van der Waals surface area contributed by atoms with Gasteiger partial charge in [-0.25, -0.2) is 0 Å². The molecule has 2 bridgehead atoms. The van der Waals surface area contributed by atoms with Gasteiger partial charge in [0.15, 0.2) is 0 Å². The third kappa shape index (κ3) is 3.41. The molecule has 1 saturated carbocycles. The van der Waals surface area contributed by atoms with Crippen LogP contribution in [-0.2, 0) is 18.3 Å². The van der Waals surface area contributed by atoms with Gasteiger partial charge in [0, 0.05) is 31.5 Å². The zero-order valence-corrected chi connectivity index (χ0v) is 20.5. The lowest BCUT2D eigenvalue weighted by Crippen LogP contribution is -2.62. The molecule has 1 aromatic carbocycles. The fourth-order valence-corrected chi connectivity index (χ4v) is 7.03. The maximum atomic E-state index is 14.1. The van der Waals surface area contributed by atoms with Gasteiger partial charge in [-0.1, -0.05) is 51.1 Å². The van der Waals surface area contributed by atoms with E-state index in [0.29, 0.717) is 5.69 Å². The third-order valence-electron chi connectivity index (χ3n) is 8.55. The van der Waals surface area contributed by atoms with Crippen molar-refractivity contribution < 1.29 is 9.59 Å². The number of hydrogen-bond acceptors (Lipinski definition) is 3. The van der Waals surface area contributed by atoms with Gasteiger partial charge >= 0.3 is 0 Å². The molecule has 3 heterocycles. The van der Waals surface area contributed by atoms with E-state index < -0.39 is 0 Å². The van der Waals surface area contributed by atoms with Crippen LogP contribution in [0.25, 0.3) is 0 Å². The minimum atomic E-state index is -0.0586. The van der Waals surface area contributed by atoms with Crippen molar-refractivity contribution in [2.45, 2.75) is 89.9 Å². The van der Waals surface area contributed by atoms with Gasteiger partial charge in [-0.05, 0) is 49.7 Å². The molecule has 3 fully saturated rings. The van der Waals surface area contributed by atoms with E-state index in [-0.39, 0.29) is 47.3 Å². The van der Waals surface area contributed by atoms with Crippen LogP contribution in [0.3, 0.4) is 0 Å². The number of carbonyl (C=O) groups is 2. The second-order valence-corrected chi connectivity index (χ2v) is 10.9. The first kappa shape index (κ1) is 22.2. The van der Waals surface area contributed by atoms with E-state index in [1.54, 1.807) is 11.6 Å². The maximum absolute atomic E-state index is 14.1. The van der Waals surface area contributed by atoms with Crippen molar-refractivity contribution in [1.29, 1.82) is 0 Å². The second kappa shape index (κ2) is 8.00. The van der Waals surface area contributed by atoms with Crippen molar-refractivity contribution in [2.75, 3.05) is 0 Å². The molecule has 0 N–H and O–H groups in total. The average Bonchev–Trinajstić information content (AvgIpc) is 3.31. The predicted molar refractivity (Wildman–Crippen MR) is 128 cm³/mol. The smallest absolute Gasteiger partial charge is 0.272 e. The number of piperidine rings is 1. The normalized spacial score (nSPS) is 30.7. The molecule has 176 valence electrons. The number of aromatic nitrogens is 2. The van der Waals surface area contributed by atoms with Gasteiger partial charge in [-0.3, -0.25) is 14.3 Å². The highest BCUT2D eigenvalue weighted by atomic mass is 16.2. The average molecular weight is 449 g/mol. The van der Waals surface area contributed by atoms with Crippen LogP contribution < -0.4 is 0 Å². The molecule has 1 aliphatic carbocycles. The Morgan fingerprint density at radius 3 is 2.39 bits per heavy atom. The number of fused-ring (bicyclic) bond motifs is 1. The van der Waals surface area contributed by atoms with Crippen molar-refractivity contribution in [1.82, 2.24) is 19.6 Å². The number of likely N-dealkylation sites (tertiary alicyclic amines) is 2. The Labute approximate surface area is 196 Å². The summed E-state index contributed by atoms with van der Waals surface area (Å²) >= 11 is 0. The van der Waals surface area contributed by atoms with Crippen molar-refractivity contribution in [3.8, 4) is 0 Å². The fourth-order valence-electron chi connectivity index (χ4n) is 7.03. The molecule has 3 aliphatic rings. The monoisotopic (exact) mass is 448 g/mol. The number of rotatable bonds is 4. The number of benzene rings is 1. The first-order chi connectivity index (χ1) is 15.7. The second-order valence-electron chi connectivity index (χ2n) is 10.9. The zero-order valence-electron chi connectivity index (χ0n) is 20.5. The zero-order chi connectivity index (χ0) is 23.5. The Morgan fingerprint density at radius 1 is 1.12 bits per heavy atom. The number of nitrogens with zero attached hydrogens (tertiary/aromatic N) is 4. The number of hydrogen-bond donors (Lipinski definition) is 0. The highest BCUT2D eigenvalue weighted by Crippen LogP contribution is 2.56. The Hall–Kier alpha value is -2.63. The van der Waals surface area contributed by atoms with Crippen LogP contribution >= 0.6 is 0 Å². The number of amides is 2. The van der Waals surface area contributed by atoms with Crippen molar-refractivity contribution in [2.24, 2.45) is 12.5 Å². The van der Waals surface area contributed by atoms with Crippen LogP contribution in [0, 0.1) is 5.41 Å². The Balaban J connectivity index is 1.59. The predicted octanol–water partition coefficient (Wildman–Crippen LogP) is 4.16. The topological polar surface area (TPSA) is 58.4 Å². The van der Waals surface area contributed by atoms with Crippen LogP contribution in [0.2, 0.25) is 0 Å². The summed E-state index contributed by atoms with van der Waals surface area (Å²) in [5, 5.41) is 4.62. The number of carbonyl (C=O) groups excluding carboxylic acids is 2. The summed E-state index contributed by atoms with van der Waals surface area (Å²) in [6, 6.07) is 12.7. The van der Waals surface area contributed by atoms with Gasteiger partial charge in [0.1, 0.15) is 5.69 Å². The molecule has 0 radical (unpaired) electrons. The maximum Gasteiger partial charge on any atom is 0.272 e. The minimum Gasteiger partial charge on any atom is -0.334 e. The van der Waals surface area contributed by atoms with Crippen LogP contribution in [0.4, 0.5) is 0 Å². The Kier molecular flexibility index (Phi) is 5.37. The molecule has 2 saturated heterocycles. The van der Waals surface area contributed by atoms with Gasteiger partial charge in [0.25, 0.3) is 5.91 Å². The molecule has 1 aromatic heterocycles. The van der Waals surface area contributed by atoms with Crippen molar-refractivity contribution >= 4 is 11.8 Å². The SMILES string of the molecule is CC(=O)N1[C@@H](Cc2ccccc2)[C@@H]2C[C@@]3(C)[C@H](CCC[C@@H]13)N2C(=O)c1cc(C(C)C)nn1C. The standard InChI is InChI=1S/C27H36N4O2/c1-17(2)20-15-22(29(5)28-20)26(33)31-23-16-27(4)24(12-9-13-25(27)31)30(18(3)32)21(23)14-19-10-7-6-8-11-19/h6-8,10-11,15,17,21,23-25H,9,12-14,16H2,1-5H3/t21-,23-,24+,25-,27+/m0/s1. The largest absolute Gasteiger partial charge is 0.334 e. The van der Waals surface area contributed by atoms with Gasteiger partial charge < -0.3 is 9.80 Å². The van der Waals surface area contributed by atoms with Crippen molar-refractivity contribution in [3.63, 3.8) is 0 Å². The molecule has 2 aliphatic heterocycles. The molecule has 6 heteroatoms. The summed E-state index contributed by atoms with van der Waals surface area (Å²) in [4.78, 5) is 31.5. The third-order valence-corrected chi connectivity index (χ3v) is 8.55. The molecular weight excluding hydrogens is 412 g/mol. The lowest BCUT2D eigenvalue weighted by Gasteiger charge is -2.52. The molecule has 2 amide bonds. The summed E-state index contributed by atoms with van der Waals surface area (Å²) in [6.45, 7) is 8.23. The van der Waals surface area contributed by atoms with E-state index in [9.17, 15) is 9.59 Å². The van der Waals surface area contributed by atoms with Gasteiger partial charge in [0.2, 0.25) is 5.91 Å². The van der Waals surface area contributed by atoms with E-state index >= 15 is 0 Å². The fraction of sp³-hybridized carbons (Fsp3) is 0.593. The van der Waals surface area contributed by atoms with Gasteiger partial charge in [-0.2, -0.15) is 5.10 Å². The van der Waals surface area contributed by atoms with Crippen LogP contribution in [0.1, 0.15) is 81.0 Å². The van der Waals surface area contributed by atoms with Crippen LogP contribution in [-0.4, -0.2) is 55.6 Å². The summed E-state index contributed by atoms with van der Waals surface area (Å²) in [5.41, 5.74) is 2.76. The highest BCUT2D eigenvalue weighted by molar-refractivity contribution is 5.94. The molecule has 5 rings (SSSR count). The summed E-state index contributed by atoms with van der Waals surface area (Å²) in [7, 11) is 1.87. The highest BCUT2D eigenvalue weighted by Gasteiger charge is 2.64. The molecule has 5 atom stereocenters. The van der Waals surface area contributed by atoms with E-state index in [1.807, 2.05) is 19.2 Å². The van der Waals surface area contributed by atoms with E-state index in [4.69, 9.17) is 0 Å². The minimum absolute atomic E-state index is 0.00665. The molecule has 2 aromatic rings. The molecular formula is C27H36N4O2. The first-order valence-electron chi connectivity index (χ1n) is 12.4. The van der Waals surface area contributed by atoms with Gasteiger partial charge in [0.05, 0.1) is 17.8 Å². The van der Waals surface area contributed by atoms with Crippen molar-refractivity contribution in [3.05, 3.63) is 53.3 Å². The van der Waals surface area contributed by atoms with Gasteiger partial charge in [-0.15, -0.1) is 0 Å². The molecule has 6 nitrogen and oxygen atoms in total. The first-order valence-corrected chi connectivity index (χ1v) is 12.4. The quantitative estimate of drug-likeness (QED) is 0.706. The number of aryl methyl sites for hydroxylation is 1. The van der Waals surface area contributed by atoms with Crippen LogP contribution in [0.5, 0.6) is 0 Å². The van der Waals surface area contributed by atoms with E-state index in [0.717, 1.165) is 37.8 Å². The van der Waals surface area contributed by atoms with Crippen LogP contribution in [0.15, 0.2) is 36.4 Å².